The summed E-state index contributed by atoms with van der Waals surface area (Å²) in [5, 5.41) is 12.0. The minimum absolute atomic E-state index is 0.121. The first-order valence-corrected chi connectivity index (χ1v) is 6.07. The number of benzene rings is 1. The number of hydrogen-bond acceptors (Lipinski definition) is 3. The van der Waals surface area contributed by atoms with Crippen LogP contribution in [0.2, 0.25) is 5.02 Å². The van der Waals surface area contributed by atoms with E-state index in [4.69, 9.17) is 22.5 Å². The Hall–Kier alpha value is -1.33. The maximum atomic E-state index is 13.1. The highest BCUT2D eigenvalue weighted by Crippen LogP contribution is 2.19. The van der Waals surface area contributed by atoms with Crippen molar-refractivity contribution >= 4 is 17.4 Å². The summed E-state index contributed by atoms with van der Waals surface area (Å²) < 4.78 is 13.1. The minimum Gasteiger partial charge on any atom is -0.409 e. The summed E-state index contributed by atoms with van der Waals surface area (Å²) in [6.45, 7) is 3.55. The van der Waals surface area contributed by atoms with E-state index in [-0.39, 0.29) is 11.7 Å². The Morgan fingerprint density at radius 2 is 2.28 bits per heavy atom. The van der Waals surface area contributed by atoms with E-state index in [1.807, 2.05) is 11.8 Å². The molecule has 18 heavy (non-hydrogen) atoms. The van der Waals surface area contributed by atoms with Gasteiger partial charge in [-0.15, -0.1) is 0 Å². The fraction of sp³-hybridized carbons (Fsp3) is 0.417. The summed E-state index contributed by atoms with van der Waals surface area (Å²) in [5.41, 5.74) is 6.17. The number of oxime groups is 1. The first-order chi connectivity index (χ1) is 8.56. The molecule has 0 aliphatic carbocycles. The fourth-order valence-corrected chi connectivity index (χ4v) is 1.87. The molecule has 3 N–H and O–H groups in total. The molecule has 0 fully saturated rings. The number of amidine groups is 1. The molecule has 1 aromatic carbocycles. The number of rotatable bonds is 6. The van der Waals surface area contributed by atoms with E-state index < -0.39 is 0 Å². The second-order valence-corrected chi connectivity index (χ2v) is 4.44. The van der Waals surface area contributed by atoms with Crippen LogP contribution in [0, 0.1) is 5.82 Å². The molecule has 0 aromatic heterocycles. The summed E-state index contributed by atoms with van der Waals surface area (Å²) in [5.74, 6) is -0.203. The second kappa shape index (κ2) is 7.18. The van der Waals surface area contributed by atoms with Gasteiger partial charge in [-0.25, -0.2) is 4.39 Å². The SMILES string of the molecule is CCCN(C/C(N)=N/O)Cc1cc(F)ccc1Cl. The van der Waals surface area contributed by atoms with Gasteiger partial charge in [-0.3, -0.25) is 4.90 Å². The zero-order valence-corrected chi connectivity index (χ0v) is 11.0. The molecule has 0 unspecified atom stereocenters. The van der Waals surface area contributed by atoms with Gasteiger partial charge in [0.25, 0.3) is 0 Å². The molecule has 6 heteroatoms. The molecule has 1 aromatic rings. The van der Waals surface area contributed by atoms with E-state index in [1.165, 1.54) is 18.2 Å². The zero-order chi connectivity index (χ0) is 13.5. The molecule has 0 bridgehead atoms. The van der Waals surface area contributed by atoms with Gasteiger partial charge in [-0.1, -0.05) is 23.7 Å². The molecule has 0 spiro atoms. The smallest absolute Gasteiger partial charge is 0.153 e. The van der Waals surface area contributed by atoms with Crippen molar-refractivity contribution < 1.29 is 9.60 Å². The summed E-state index contributed by atoms with van der Waals surface area (Å²) in [6, 6.07) is 4.25. The van der Waals surface area contributed by atoms with Crippen LogP contribution in [0.4, 0.5) is 4.39 Å². The lowest BCUT2D eigenvalue weighted by Crippen LogP contribution is -2.34. The molecule has 0 amide bonds. The van der Waals surface area contributed by atoms with Gasteiger partial charge in [0.1, 0.15) is 5.82 Å². The summed E-state index contributed by atoms with van der Waals surface area (Å²) in [4.78, 5) is 1.94. The molecule has 0 saturated carbocycles. The predicted molar refractivity (Wildman–Crippen MR) is 70.4 cm³/mol. The highest BCUT2D eigenvalue weighted by atomic mass is 35.5. The van der Waals surface area contributed by atoms with E-state index >= 15 is 0 Å². The average Bonchev–Trinajstić information content (AvgIpc) is 2.34. The van der Waals surface area contributed by atoms with Gasteiger partial charge in [-0.05, 0) is 36.7 Å². The summed E-state index contributed by atoms with van der Waals surface area (Å²) >= 11 is 6.01. The van der Waals surface area contributed by atoms with Crippen molar-refractivity contribution in [3.8, 4) is 0 Å². The van der Waals surface area contributed by atoms with Crippen molar-refractivity contribution in [1.82, 2.24) is 4.90 Å². The molecule has 100 valence electrons. The van der Waals surface area contributed by atoms with Gasteiger partial charge in [0, 0.05) is 11.6 Å². The van der Waals surface area contributed by atoms with Crippen LogP contribution >= 0.6 is 11.6 Å². The average molecular weight is 274 g/mol. The van der Waals surface area contributed by atoms with Crippen LogP contribution in [-0.2, 0) is 6.54 Å². The Morgan fingerprint density at radius 1 is 1.56 bits per heavy atom. The van der Waals surface area contributed by atoms with Crippen LogP contribution in [0.25, 0.3) is 0 Å². The lowest BCUT2D eigenvalue weighted by molar-refractivity contribution is 0.285. The molecule has 0 radical (unpaired) electrons. The molecular weight excluding hydrogens is 257 g/mol. The largest absolute Gasteiger partial charge is 0.409 e. The lowest BCUT2D eigenvalue weighted by atomic mass is 10.2. The monoisotopic (exact) mass is 273 g/mol. The van der Waals surface area contributed by atoms with Gasteiger partial charge in [0.15, 0.2) is 5.84 Å². The Morgan fingerprint density at radius 3 is 2.89 bits per heavy atom. The summed E-state index contributed by atoms with van der Waals surface area (Å²) in [7, 11) is 0. The molecule has 0 saturated heterocycles. The van der Waals surface area contributed by atoms with Crippen LogP contribution in [0.1, 0.15) is 18.9 Å². The van der Waals surface area contributed by atoms with Crippen LogP contribution < -0.4 is 5.73 Å². The highest BCUT2D eigenvalue weighted by Gasteiger charge is 2.10. The maximum absolute atomic E-state index is 13.1. The Balaban J connectivity index is 2.79. The topological polar surface area (TPSA) is 61.8 Å². The van der Waals surface area contributed by atoms with Crippen molar-refractivity contribution in [1.29, 1.82) is 0 Å². The number of nitrogens with zero attached hydrogens (tertiary/aromatic N) is 2. The maximum Gasteiger partial charge on any atom is 0.153 e. The van der Waals surface area contributed by atoms with Crippen molar-refractivity contribution in [3.05, 3.63) is 34.6 Å². The van der Waals surface area contributed by atoms with Gasteiger partial charge in [-0.2, -0.15) is 0 Å². The molecular formula is C12H17ClFN3O. The normalized spacial score (nSPS) is 12.1. The van der Waals surface area contributed by atoms with Crippen LogP contribution in [0.5, 0.6) is 0 Å². The Bertz CT molecular complexity index is 426. The van der Waals surface area contributed by atoms with E-state index in [0.29, 0.717) is 23.7 Å². The second-order valence-electron chi connectivity index (χ2n) is 4.04. The molecule has 0 atom stereocenters. The van der Waals surface area contributed by atoms with Crippen molar-refractivity contribution in [2.45, 2.75) is 19.9 Å². The zero-order valence-electron chi connectivity index (χ0n) is 10.2. The molecule has 1 rings (SSSR count). The van der Waals surface area contributed by atoms with Crippen molar-refractivity contribution in [3.63, 3.8) is 0 Å². The highest BCUT2D eigenvalue weighted by molar-refractivity contribution is 6.31. The fourth-order valence-electron chi connectivity index (χ4n) is 1.70. The molecule has 0 aliphatic heterocycles. The Kier molecular flexibility index (Phi) is 5.88. The van der Waals surface area contributed by atoms with Gasteiger partial charge in [0.05, 0.1) is 6.54 Å². The van der Waals surface area contributed by atoms with E-state index in [1.54, 1.807) is 0 Å². The van der Waals surface area contributed by atoms with Gasteiger partial charge in [0.2, 0.25) is 0 Å². The van der Waals surface area contributed by atoms with Crippen molar-refractivity contribution in [2.24, 2.45) is 10.9 Å². The minimum atomic E-state index is -0.324. The Labute approximate surface area is 111 Å². The van der Waals surface area contributed by atoms with Crippen LogP contribution in [-0.4, -0.2) is 29.0 Å². The van der Waals surface area contributed by atoms with Gasteiger partial charge < -0.3 is 10.9 Å². The third-order valence-corrected chi connectivity index (χ3v) is 2.82. The predicted octanol–water partition coefficient (Wildman–Crippen LogP) is 2.44. The van der Waals surface area contributed by atoms with E-state index in [2.05, 4.69) is 5.16 Å². The lowest BCUT2D eigenvalue weighted by Gasteiger charge is -2.21. The first kappa shape index (κ1) is 14.7. The number of halogens is 2. The first-order valence-electron chi connectivity index (χ1n) is 5.69. The molecule has 0 aliphatic rings. The molecule has 4 nitrogen and oxygen atoms in total. The van der Waals surface area contributed by atoms with E-state index in [9.17, 15) is 4.39 Å². The third kappa shape index (κ3) is 4.50. The number of hydrogen-bond donors (Lipinski definition) is 2. The quantitative estimate of drug-likeness (QED) is 0.362. The van der Waals surface area contributed by atoms with Crippen molar-refractivity contribution in [2.75, 3.05) is 13.1 Å². The molecule has 0 heterocycles. The van der Waals surface area contributed by atoms with E-state index in [0.717, 1.165) is 13.0 Å². The number of nitrogens with two attached hydrogens (primary N) is 1. The van der Waals surface area contributed by atoms with Gasteiger partial charge >= 0.3 is 0 Å². The van der Waals surface area contributed by atoms with Crippen LogP contribution in [0.3, 0.4) is 0 Å². The summed E-state index contributed by atoms with van der Waals surface area (Å²) in [6.07, 6.45) is 0.908. The standard InChI is InChI=1S/C12H17ClFN3O/c1-2-5-17(8-12(15)16-18)7-9-6-10(14)3-4-11(9)13/h3-4,6,18H,2,5,7-8H2,1H3,(H2,15,16). The third-order valence-electron chi connectivity index (χ3n) is 2.46. The van der Waals surface area contributed by atoms with Crippen LogP contribution in [0.15, 0.2) is 23.4 Å².